The highest BCUT2D eigenvalue weighted by molar-refractivity contribution is 6.35. The van der Waals surface area contributed by atoms with Crippen LogP contribution >= 0.6 is 0 Å². The van der Waals surface area contributed by atoms with Gasteiger partial charge in [0.15, 0.2) is 0 Å². The maximum atomic E-state index is 12.3. The van der Waals surface area contributed by atoms with Crippen LogP contribution in [0.15, 0.2) is 35.4 Å². The molecule has 2 aromatic rings. The molecule has 0 unspecified atom stereocenters. The fraction of sp³-hybridized carbons (Fsp3) is 0.409. The van der Waals surface area contributed by atoms with Crippen LogP contribution < -0.4 is 5.43 Å². The average Bonchev–Trinajstić information content (AvgIpc) is 2.86. The smallest absolute Gasteiger partial charge is 0.329 e. The quantitative estimate of drug-likeness (QED) is 0.505. The van der Waals surface area contributed by atoms with Gasteiger partial charge in [-0.1, -0.05) is 31.0 Å². The Balaban J connectivity index is 1.69. The number of aromatic nitrogens is 1. The standard InChI is InChI=1S/C22H28N4O2/c1-16-10-6-7-11-20(16)26-17(2)14-19(18(26)3)15-23-24-21(27)22(28)25-12-8-4-5-9-13-25/h6-7,10-11,14-15H,4-5,8-9,12-13H2,1-3H3,(H,24,27)/b23-15-. The van der Waals surface area contributed by atoms with Crippen molar-refractivity contribution < 1.29 is 9.59 Å². The van der Waals surface area contributed by atoms with E-state index in [1.165, 1.54) is 5.56 Å². The number of rotatable bonds is 3. The van der Waals surface area contributed by atoms with Gasteiger partial charge in [-0.2, -0.15) is 5.10 Å². The van der Waals surface area contributed by atoms with Gasteiger partial charge in [0.1, 0.15) is 0 Å². The number of benzene rings is 1. The number of carbonyl (C=O) groups excluding carboxylic acids is 2. The normalized spacial score (nSPS) is 14.9. The highest BCUT2D eigenvalue weighted by Gasteiger charge is 2.22. The second-order valence-electron chi connectivity index (χ2n) is 7.35. The lowest BCUT2D eigenvalue weighted by atomic mass is 10.2. The first-order valence-corrected chi connectivity index (χ1v) is 9.86. The van der Waals surface area contributed by atoms with Crippen molar-refractivity contribution in [3.8, 4) is 5.69 Å². The Morgan fingerprint density at radius 2 is 1.71 bits per heavy atom. The topological polar surface area (TPSA) is 66.7 Å². The molecule has 0 atom stereocenters. The lowest BCUT2D eigenvalue weighted by molar-refractivity contribution is -0.145. The average molecular weight is 380 g/mol. The van der Waals surface area contributed by atoms with Crippen LogP contribution in [0.25, 0.3) is 5.69 Å². The van der Waals surface area contributed by atoms with Crippen molar-refractivity contribution in [1.29, 1.82) is 0 Å². The molecule has 0 radical (unpaired) electrons. The number of para-hydroxylation sites is 1. The number of likely N-dealkylation sites (tertiary alicyclic amines) is 1. The molecule has 0 spiro atoms. The number of aryl methyl sites for hydroxylation is 2. The largest absolute Gasteiger partial charge is 0.334 e. The van der Waals surface area contributed by atoms with Gasteiger partial charge in [-0.05, 0) is 51.3 Å². The van der Waals surface area contributed by atoms with E-state index in [9.17, 15) is 9.59 Å². The molecule has 6 heteroatoms. The summed E-state index contributed by atoms with van der Waals surface area (Å²) in [6, 6.07) is 10.2. The molecule has 148 valence electrons. The molecule has 28 heavy (non-hydrogen) atoms. The molecule has 1 aliphatic heterocycles. The van der Waals surface area contributed by atoms with Crippen molar-refractivity contribution in [3.63, 3.8) is 0 Å². The van der Waals surface area contributed by atoms with E-state index < -0.39 is 11.8 Å². The molecule has 2 heterocycles. The van der Waals surface area contributed by atoms with Gasteiger partial charge in [-0.3, -0.25) is 9.59 Å². The van der Waals surface area contributed by atoms with Crippen LogP contribution in [0.1, 0.15) is 48.2 Å². The van der Waals surface area contributed by atoms with Crippen LogP contribution in [-0.2, 0) is 9.59 Å². The predicted octanol–water partition coefficient (Wildman–Crippen LogP) is 3.26. The van der Waals surface area contributed by atoms with E-state index in [-0.39, 0.29) is 0 Å². The fourth-order valence-electron chi connectivity index (χ4n) is 3.73. The van der Waals surface area contributed by atoms with Crippen LogP contribution in [0.3, 0.4) is 0 Å². The highest BCUT2D eigenvalue weighted by Crippen LogP contribution is 2.22. The Hall–Kier alpha value is -2.89. The molecule has 1 aromatic heterocycles. The lowest BCUT2D eigenvalue weighted by Crippen LogP contribution is -2.41. The van der Waals surface area contributed by atoms with Crippen molar-refractivity contribution in [3.05, 3.63) is 52.8 Å². The molecule has 2 amide bonds. The van der Waals surface area contributed by atoms with Gasteiger partial charge in [0.2, 0.25) is 0 Å². The summed E-state index contributed by atoms with van der Waals surface area (Å²) in [5, 5.41) is 4.03. The molecule has 1 fully saturated rings. The molecule has 6 nitrogen and oxygen atoms in total. The van der Waals surface area contributed by atoms with Crippen LogP contribution in [0.2, 0.25) is 0 Å². The molecule has 1 aromatic carbocycles. The molecule has 1 saturated heterocycles. The zero-order valence-corrected chi connectivity index (χ0v) is 16.9. The van der Waals surface area contributed by atoms with E-state index in [1.807, 2.05) is 32.0 Å². The van der Waals surface area contributed by atoms with Crippen LogP contribution in [0.4, 0.5) is 0 Å². The number of amides is 2. The summed E-state index contributed by atoms with van der Waals surface area (Å²) in [7, 11) is 0. The third kappa shape index (κ3) is 4.32. The predicted molar refractivity (Wildman–Crippen MR) is 111 cm³/mol. The second kappa shape index (κ2) is 8.87. The van der Waals surface area contributed by atoms with E-state index >= 15 is 0 Å². The van der Waals surface area contributed by atoms with Gasteiger partial charge in [-0.25, -0.2) is 5.43 Å². The zero-order valence-electron chi connectivity index (χ0n) is 16.9. The molecule has 3 rings (SSSR count). The van der Waals surface area contributed by atoms with E-state index in [0.717, 1.165) is 48.3 Å². The first kappa shape index (κ1) is 19.9. The van der Waals surface area contributed by atoms with Crippen LogP contribution in [0.5, 0.6) is 0 Å². The maximum Gasteiger partial charge on any atom is 0.329 e. The van der Waals surface area contributed by atoms with Gasteiger partial charge in [0, 0.05) is 35.7 Å². The Kier molecular flexibility index (Phi) is 6.29. The summed E-state index contributed by atoms with van der Waals surface area (Å²) in [5.41, 5.74) is 7.71. The monoisotopic (exact) mass is 380 g/mol. The number of hydrazone groups is 1. The molecule has 0 saturated carbocycles. The zero-order chi connectivity index (χ0) is 20.1. The Morgan fingerprint density at radius 3 is 2.39 bits per heavy atom. The summed E-state index contributed by atoms with van der Waals surface area (Å²) in [6.07, 6.45) is 5.73. The van der Waals surface area contributed by atoms with Crippen molar-refractivity contribution in [2.45, 2.75) is 46.5 Å². The van der Waals surface area contributed by atoms with Crippen LogP contribution in [-0.4, -0.2) is 40.6 Å². The first-order valence-electron chi connectivity index (χ1n) is 9.86. The van der Waals surface area contributed by atoms with Gasteiger partial charge < -0.3 is 9.47 Å². The summed E-state index contributed by atoms with van der Waals surface area (Å²) < 4.78 is 2.17. The third-order valence-electron chi connectivity index (χ3n) is 5.28. The second-order valence-corrected chi connectivity index (χ2v) is 7.35. The van der Waals surface area contributed by atoms with E-state index in [1.54, 1.807) is 11.1 Å². The minimum Gasteiger partial charge on any atom is -0.334 e. The minimum atomic E-state index is -0.675. The van der Waals surface area contributed by atoms with Crippen molar-refractivity contribution in [1.82, 2.24) is 14.9 Å². The Labute approximate surface area is 166 Å². The van der Waals surface area contributed by atoms with E-state index in [0.29, 0.717) is 13.1 Å². The highest BCUT2D eigenvalue weighted by atomic mass is 16.2. The summed E-state index contributed by atoms with van der Waals surface area (Å²) >= 11 is 0. The van der Waals surface area contributed by atoms with Crippen LogP contribution in [0, 0.1) is 20.8 Å². The number of hydrogen-bond donors (Lipinski definition) is 1. The summed E-state index contributed by atoms with van der Waals surface area (Å²) in [6.45, 7) is 7.43. The molecular weight excluding hydrogens is 352 g/mol. The van der Waals surface area contributed by atoms with Crippen molar-refractivity contribution >= 4 is 18.0 Å². The van der Waals surface area contributed by atoms with Gasteiger partial charge in [0.25, 0.3) is 0 Å². The Morgan fingerprint density at radius 1 is 1.04 bits per heavy atom. The van der Waals surface area contributed by atoms with Crippen molar-refractivity contribution in [2.75, 3.05) is 13.1 Å². The SMILES string of the molecule is Cc1ccccc1-n1c(C)cc(/C=N\NC(=O)C(=O)N2CCCCCC2)c1C. The van der Waals surface area contributed by atoms with E-state index in [2.05, 4.69) is 34.2 Å². The Bertz CT molecular complexity index is 890. The number of nitrogens with zero attached hydrogens (tertiary/aromatic N) is 3. The molecular formula is C22H28N4O2. The lowest BCUT2D eigenvalue weighted by Gasteiger charge is -2.18. The van der Waals surface area contributed by atoms with E-state index in [4.69, 9.17) is 0 Å². The minimum absolute atomic E-state index is 0.496. The molecule has 1 N–H and O–H groups in total. The third-order valence-corrected chi connectivity index (χ3v) is 5.28. The van der Waals surface area contributed by atoms with Gasteiger partial charge in [0.05, 0.1) is 6.21 Å². The number of carbonyl (C=O) groups is 2. The summed E-state index contributed by atoms with van der Waals surface area (Å²) in [4.78, 5) is 26.1. The van der Waals surface area contributed by atoms with Gasteiger partial charge in [-0.15, -0.1) is 0 Å². The first-order chi connectivity index (χ1) is 13.5. The molecule has 0 aliphatic carbocycles. The van der Waals surface area contributed by atoms with Crippen molar-refractivity contribution in [2.24, 2.45) is 5.10 Å². The fourth-order valence-corrected chi connectivity index (χ4v) is 3.73. The van der Waals surface area contributed by atoms with Gasteiger partial charge >= 0.3 is 11.8 Å². The number of nitrogens with one attached hydrogen (secondary N) is 1. The molecule has 1 aliphatic rings. The maximum absolute atomic E-state index is 12.3. The molecule has 0 bridgehead atoms. The summed E-state index contributed by atoms with van der Waals surface area (Å²) in [5.74, 6) is -1.17. The number of hydrogen-bond acceptors (Lipinski definition) is 3.